The van der Waals surface area contributed by atoms with Crippen molar-refractivity contribution in [2.24, 2.45) is 5.92 Å². The SMILES string of the molecule is CC(C)c1nn(-c2c(Cl)cccc2Cl)c2nc(Cc3ccc(OCCOC(=O)[C@@H](NC(=O)OC(C)(C)C)C(C)C)cc3)[nH]c(=O)c12. The zero-order valence-corrected chi connectivity index (χ0v) is 28.5. The van der Waals surface area contributed by atoms with Crippen LogP contribution in [0.3, 0.4) is 0 Å². The highest BCUT2D eigenvalue weighted by molar-refractivity contribution is 6.37. The smallest absolute Gasteiger partial charge is 0.408 e. The number of hydrogen-bond donors (Lipinski definition) is 2. The number of hydrogen-bond acceptors (Lipinski definition) is 8. The summed E-state index contributed by atoms with van der Waals surface area (Å²) in [5.41, 5.74) is 1.31. The molecule has 246 valence electrons. The number of H-pyrrole nitrogens is 1. The van der Waals surface area contributed by atoms with Crippen LogP contribution in [0, 0.1) is 5.92 Å². The van der Waals surface area contributed by atoms with Crippen LogP contribution in [0.5, 0.6) is 5.75 Å². The number of ether oxygens (including phenoxy) is 3. The van der Waals surface area contributed by atoms with Gasteiger partial charge in [-0.15, -0.1) is 0 Å². The predicted octanol–water partition coefficient (Wildman–Crippen LogP) is 6.60. The second kappa shape index (κ2) is 14.6. The van der Waals surface area contributed by atoms with E-state index < -0.39 is 23.7 Å². The molecule has 2 aromatic carbocycles. The van der Waals surface area contributed by atoms with E-state index in [1.54, 1.807) is 65.0 Å². The highest BCUT2D eigenvalue weighted by Crippen LogP contribution is 2.32. The number of fused-ring (bicyclic) bond motifs is 1. The van der Waals surface area contributed by atoms with E-state index in [4.69, 9.17) is 42.4 Å². The lowest BCUT2D eigenvalue weighted by Crippen LogP contribution is -2.47. The first-order valence-electron chi connectivity index (χ1n) is 15.0. The molecule has 4 rings (SSSR count). The molecule has 2 heterocycles. The van der Waals surface area contributed by atoms with Gasteiger partial charge in [0.15, 0.2) is 5.65 Å². The molecule has 0 aliphatic heterocycles. The third-order valence-electron chi connectivity index (χ3n) is 6.79. The summed E-state index contributed by atoms with van der Waals surface area (Å²) >= 11 is 13.0. The summed E-state index contributed by atoms with van der Waals surface area (Å²) in [5.74, 6) is 0.192. The number of carbonyl (C=O) groups is 2. The predicted molar refractivity (Wildman–Crippen MR) is 177 cm³/mol. The Morgan fingerprint density at radius 2 is 1.65 bits per heavy atom. The van der Waals surface area contributed by atoms with Crippen molar-refractivity contribution in [2.45, 2.75) is 72.4 Å². The van der Waals surface area contributed by atoms with Gasteiger partial charge >= 0.3 is 12.1 Å². The van der Waals surface area contributed by atoms with Crippen LogP contribution in [0.15, 0.2) is 47.3 Å². The van der Waals surface area contributed by atoms with E-state index in [9.17, 15) is 14.4 Å². The lowest BCUT2D eigenvalue weighted by atomic mass is 10.1. The van der Waals surface area contributed by atoms with Crippen LogP contribution < -0.4 is 15.6 Å². The number of esters is 1. The summed E-state index contributed by atoms with van der Waals surface area (Å²) in [4.78, 5) is 45.7. The van der Waals surface area contributed by atoms with E-state index in [1.165, 1.54) is 4.68 Å². The Morgan fingerprint density at radius 1 is 1.00 bits per heavy atom. The van der Waals surface area contributed by atoms with Gasteiger partial charge < -0.3 is 24.5 Å². The topological polar surface area (TPSA) is 137 Å². The van der Waals surface area contributed by atoms with Gasteiger partial charge in [-0.2, -0.15) is 5.10 Å². The Hall–Kier alpha value is -4.09. The van der Waals surface area contributed by atoms with Crippen molar-refractivity contribution in [3.8, 4) is 11.4 Å². The molecule has 0 fully saturated rings. The Balaban J connectivity index is 1.41. The first kappa shape index (κ1) is 34.8. The molecule has 2 N–H and O–H groups in total. The average Bonchev–Trinajstić information content (AvgIpc) is 3.33. The van der Waals surface area contributed by atoms with Crippen LogP contribution in [-0.2, 0) is 20.7 Å². The Labute approximate surface area is 277 Å². The minimum atomic E-state index is -0.856. The fourth-order valence-corrected chi connectivity index (χ4v) is 5.21. The van der Waals surface area contributed by atoms with E-state index in [2.05, 4.69) is 15.4 Å². The van der Waals surface area contributed by atoms with Crippen LogP contribution in [-0.4, -0.2) is 56.7 Å². The molecule has 0 spiro atoms. The van der Waals surface area contributed by atoms with E-state index in [-0.39, 0.29) is 30.6 Å². The zero-order chi connectivity index (χ0) is 33.8. The molecule has 0 unspecified atom stereocenters. The second-order valence-corrected chi connectivity index (χ2v) is 13.3. The number of carbonyl (C=O) groups excluding carboxylic acids is 2. The maximum atomic E-state index is 13.3. The summed E-state index contributed by atoms with van der Waals surface area (Å²) < 4.78 is 17.9. The van der Waals surface area contributed by atoms with Crippen molar-refractivity contribution in [3.05, 3.63) is 79.9 Å². The van der Waals surface area contributed by atoms with E-state index in [0.717, 1.165) is 5.56 Å². The third kappa shape index (κ3) is 8.58. The van der Waals surface area contributed by atoms with Crippen molar-refractivity contribution in [1.29, 1.82) is 0 Å². The van der Waals surface area contributed by atoms with Gasteiger partial charge in [-0.1, -0.05) is 69.1 Å². The number of halogens is 2. The van der Waals surface area contributed by atoms with E-state index >= 15 is 0 Å². The molecule has 4 aromatic rings. The number of alkyl carbamates (subject to hydrolysis) is 1. The molecule has 1 amide bonds. The lowest BCUT2D eigenvalue weighted by Gasteiger charge is -2.24. The first-order chi connectivity index (χ1) is 21.6. The van der Waals surface area contributed by atoms with Gasteiger partial charge in [0.1, 0.15) is 47.5 Å². The number of benzene rings is 2. The average molecular weight is 673 g/mol. The van der Waals surface area contributed by atoms with E-state index in [0.29, 0.717) is 50.5 Å². The molecule has 0 aliphatic carbocycles. The van der Waals surface area contributed by atoms with Crippen molar-refractivity contribution in [3.63, 3.8) is 0 Å². The molecule has 2 aromatic heterocycles. The van der Waals surface area contributed by atoms with Gasteiger partial charge in [0, 0.05) is 6.42 Å². The minimum Gasteiger partial charge on any atom is -0.490 e. The fraction of sp³-hybridized carbons (Fsp3) is 0.424. The number of rotatable bonds is 11. The molecule has 46 heavy (non-hydrogen) atoms. The van der Waals surface area contributed by atoms with Crippen LogP contribution >= 0.6 is 23.2 Å². The van der Waals surface area contributed by atoms with Gasteiger partial charge in [-0.3, -0.25) is 4.79 Å². The van der Waals surface area contributed by atoms with Gasteiger partial charge in [0.25, 0.3) is 5.56 Å². The van der Waals surface area contributed by atoms with Crippen molar-refractivity contribution in [1.82, 2.24) is 25.1 Å². The van der Waals surface area contributed by atoms with Crippen molar-refractivity contribution in [2.75, 3.05) is 13.2 Å². The molecule has 0 radical (unpaired) electrons. The molecule has 0 saturated carbocycles. The molecule has 0 bridgehead atoms. The molecule has 0 saturated heterocycles. The monoisotopic (exact) mass is 671 g/mol. The number of aromatic nitrogens is 4. The largest absolute Gasteiger partial charge is 0.490 e. The summed E-state index contributed by atoms with van der Waals surface area (Å²) in [6, 6.07) is 11.6. The van der Waals surface area contributed by atoms with Crippen molar-refractivity contribution < 1.29 is 23.8 Å². The second-order valence-electron chi connectivity index (χ2n) is 12.4. The quantitative estimate of drug-likeness (QED) is 0.134. The number of nitrogens with one attached hydrogen (secondary N) is 2. The normalized spacial score (nSPS) is 12.4. The maximum absolute atomic E-state index is 13.3. The van der Waals surface area contributed by atoms with Crippen LogP contribution in [0.1, 0.15) is 71.5 Å². The van der Waals surface area contributed by atoms with Gasteiger partial charge in [-0.25, -0.2) is 19.3 Å². The molecule has 11 nitrogen and oxygen atoms in total. The Kier molecular flexibility index (Phi) is 11.0. The number of aromatic amines is 1. The van der Waals surface area contributed by atoms with Crippen LogP contribution in [0.2, 0.25) is 10.0 Å². The summed E-state index contributed by atoms with van der Waals surface area (Å²) in [6.07, 6.45) is -0.349. The summed E-state index contributed by atoms with van der Waals surface area (Å²) in [7, 11) is 0. The van der Waals surface area contributed by atoms with Gasteiger partial charge in [0.2, 0.25) is 0 Å². The van der Waals surface area contributed by atoms with Crippen LogP contribution in [0.4, 0.5) is 4.79 Å². The third-order valence-corrected chi connectivity index (χ3v) is 7.40. The van der Waals surface area contributed by atoms with E-state index in [1.807, 2.05) is 26.0 Å². The van der Waals surface area contributed by atoms with Crippen molar-refractivity contribution >= 4 is 46.3 Å². The minimum absolute atomic E-state index is 0.00747. The summed E-state index contributed by atoms with van der Waals surface area (Å²) in [6.45, 7) is 12.8. The van der Waals surface area contributed by atoms with Gasteiger partial charge in [0.05, 0.1) is 15.7 Å². The highest BCUT2D eigenvalue weighted by Gasteiger charge is 2.28. The lowest BCUT2D eigenvalue weighted by molar-refractivity contribution is -0.148. The standard InChI is InChI=1S/C33H39Cl2N5O6/c1-18(2)26-25-29(40(39-26)28-22(34)9-8-10-23(28)35)36-24(37-30(25)41)17-20-11-13-21(14-12-20)44-15-16-45-31(42)27(19(3)4)38-32(43)46-33(5,6)7/h8-14,18-19,27H,15-17H2,1-7H3,(H,38,43)(H,36,37,41)/t27-/m0/s1. The van der Waals surface area contributed by atoms with Gasteiger partial charge in [-0.05, 0) is 62.4 Å². The molecular weight excluding hydrogens is 633 g/mol. The zero-order valence-electron chi connectivity index (χ0n) is 26.9. The molecular formula is C33H39Cl2N5O6. The summed E-state index contributed by atoms with van der Waals surface area (Å²) in [5, 5.41) is 8.42. The Morgan fingerprint density at radius 3 is 2.24 bits per heavy atom. The number of nitrogens with zero attached hydrogens (tertiary/aromatic N) is 3. The molecule has 0 aliphatic rings. The molecule has 13 heteroatoms. The van der Waals surface area contributed by atoms with Crippen LogP contribution in [0.25, 0.3) is 16.7 Å². The first-order valence-corrected chi connectivity index (χ1v) is 15.7. The number of para-hydroxylation sites is 1. The Bertz CT molecular complexity index is 1740. The number of amides is 1. The fourth-order valence-electron chi connectivity index (χ4n) is 4.65. The highest BCUT2D eigenvalue weighted by atomic mass is 35.5. The molecule has 1 atom stereocenters. The maximum Gasteiger partial charge on any atom is 0.408 e.